The molecule has 2 heterocycles. The van der Waals surface area contributed by atoms with E-state index in [4.69, 9.17) is 4.98 Å². The topological polar surface area (TPSA) is 38.1 Å². The number of carbonyl (C=O) groups is 1. The van der Waals surface area contributed by atoms with Gasteiger partial charge >= 0.3 is 0 Å². The minimum atomic E-state index is 0.162. The summed E-state index contributed by atoms with van der Waals surface area (Å²) in [7, 11) is 1.87. The Hall–Kier alpha value is -2.62. The highest BCUT2D eigenvalue weighted by Crippen LogP contribution is 2.30. The molecule has 0 saturated carbocycles. The summed E-state index contributed by atoms with van der Waals surface area (Å²) in [5.41, 5.74) is 4.75. The van der Waals surface area contributed by atoms with Crippen LogP contribution in [0, 0.1) is 0 Å². The summed E-state index contributed by atoms with van der Waals surface area (Å²) in [5.74, 6) is 1.93. The van der Waals surface area contributed by atoms with Crippen molar-refractivity contribution >= 4 is 16.9 Å². The summed E-state index contributed by atoms with van der Waals surface area (Å²) in [5, 5.41) is 0. The molecule has 1 saturated heterocycles. The first kappa shape index (κ1) is 16.8. The highest BCUT2D eigenvalue weighted by atomic mass is 16.2. The summed E-state index contributed by atoms with van der Waals surface area (Å²) in [6, 6.07) is 17.1. The number of aromatic nitrogens is 2. The molecule has 1 aliphatic heterocycles. The average molecular weight is 347 g/mol. The maximum atomic E-state index is 12.0. The first-order chi connectivity index (χ1) is 12.5. The summed E-state index contributed by atoms with van der Waals surface area (Å²) in [4.78, 5) is 18.7. The summed E-state index contributed by atoms with van der Waals surface area (Å²) in [6.07, 6.45) is 0.548. The van der Waals surface area contributed by atoms with Crippen LogP contribution in [0.2, 0.25) is 0 Å². The van der Waals surface area contributed by atoms with Gasteiger partial charge in [-0.05, 0) is 29.2 Å². The van der Waals surface area contributed by atoms with Gasteiger partial charge in [0.05, 0.1) is 11.0 Å². The van der Waals surface area contributed by atoms with Crippen LogP contribution in [-0.4, -0.2) is 34.0 Å². The smallest absolute Gasteiger partial charge is 0.223 e. The van der Waals surface area contributed by atoms with Gasteiger partial charge in [0.15, 0.2) is 0 Å². The molecule has 0 N–H and O–H groups in total. The number of amides is 1. The van der Waals surface area contributed by atoms with E-state index in [1.807, 2.05) is 18.0 Å². The molecule has 26 heavy (non-hydrogen) atoms. The molecule has 134 valence electrons. The number of nitrogens with zero attached hydrogens (tertiary/aromatic N) is 3. The standard InChI is InChI=1S/C22H25N3O/c1-15(2)17-10-8-16(9-11-17)13-25-20-7-5-4-6-19(20)23-22(25)18-12-21(26)24(3)14-18/h4-11,15,18H,12-14H2,1-3H3. The molecule has 4 nitrogen and oxygen atoms in total. The van der Waals surface area contributed by atoms with Crippen molar-refractivity contribution in [3.05, 3.63) is 65.5 Å². The number of hydrogen-bond acceptors (Lipinski definition) is 2. The zero-order chi connectivity index (χ0) is 18.3. The highest BCUT2D eigenvalue weighted by molar-refractivity contribution is 5.80. The molecule has 0 aliphatic carbocycles. The van der Waals surface area contributed by atoms with Gasteiger partial charge < -0.3 is 9.47 Å². The Morgan fingerprint density at radius 3 is 2.50 bits per heavy atom. The third-order valence-electron chi connectivity index (χ3n) is 5.38. The van der Waals surface area contributed by atoms with Gasteiger partial charge in [0.1, 0.15) is 5.82 Å². The number of benzene rings is 2. The second-order valence-corrected chi connectivity index (χ2v) is 7.62. The van der Waals surface area contributed by atoms with Crippen molar-refractivity contribution in [2.75, 3.05) is 13.6 Å². The molecule has 0 radical (unpaired) electrons. The Morgan fingerprint density at radius 2 is 1.85 bits per heavy atom. The molecule has 4 heteroatoms. The van der Waals surface area contributed by atoms with Gasteiger partial charge in [0, 0.05) is 32.5 Å². The maximum Gasteiger partial charge on any atom is 0.223 e. The number of rotatable bonds is 4. The molecule has 1 atom stereocenters. The first-order valence-electron chi connectivity index (χ1n) is 9.31. The van der Waals surface area contributed by atoms with E-state index in [0.717, 1.165) is 29.9 Å². The Morgan fingerprint density at radius 1 is 1.12 bits per heavy atom. The van der Waals surface area contributed by atoms with Gasteiger partial charge in [-0.25, -0.2) is 4.98 Å². The van der Waals surface area contributed by atoms with Gasteiger partial charge in [-0.15, -0.1) is 0 Å². The van der Waals surface area contributed by atoms with Crippen molar-refractivity contribution in [2.45, 2.75) is 38.6 Å². The van der Waals surface area contributed by atoms with E-state index in [1.54, 1.807) is 0 Å². The third kappa shape index (κ3) is 3.00. The molecule has 0 bridgehead atoms. The van der Waals surface area contributed by atoms with Crippen LogP contribution in [-0.2, 0) is 11.3 Å². The summed E-state index contributed by atoms with van der Waals surface area (Å²) >= 11 is 0. The molecule has 2 aromatic carbocycles. The van der Waals surface area contributed by atoms with Crippen molar-refractivity contribution in [2.24, 2.45) is 0 Å². The molecule has 1 aliphatic rings. The third-order valence-corrected chi connectivity index (χ3v) is 5.38. The predicted molar refractivity (Wildman–Crippen MR) is 104 cm³/mol. The van der Waals surface area contributed by atoms with E-state index in [0.29, 0.717) is 12.3 Å². The number of carbonyl (C=O) groups excluding carboxylic acids is 1. The number of fused-ring (bicyclic) bond motifs is 1. The lowest BCUT2D eigenvalue weighted by molar-refractivity contribution is -0.126. The van der Waals surface area contributed by atoms with Gasteiger partial charge in [0.2, 0.25) is 5.91 Å². The Kier molecular flexibility index (Phi) is 4.27. The van der Waals surface area contributed by atoms with Gasteiger partial charge in [0.25, 0.3) is 0 Å². The highest BCUT2D eigenvalue weighted by Gasteiger charge is 2.31. The van der Waals surface area contributed by atoms with Crippen LogP contribution in [0.15, 0.2) is 48.5 Å². The van der Waals surface area contributed by atoms with E-state index < -0.39 is 0 Å². The fraction of sp³-hybridized carbons (Fsp3) is 0.364. The second kappa shape index (κ2) is 6.60. The van der Waals surface area contributed by atoms with Crippen molar-refractivity contribution in [3.63, 3.8) is 0 Å². The van der Waals surface area contributed by atoms with Gasteiger partial charge in [-0.3, -0.25) is 4.79 Å². The molecule has 0 spiro atoms. The van der Waals surface area contributed by atoms with Gasteiger partial charge in [-0.1, -0.05) is 50.2 Å². The quantitative estimate of drug-likeness (QED) is 0.711. The minimum Gasteiger partial charge on any atom is -0.345 e. The summed E-state index contributed by atoms with van der Waals surface area (Å²) in [6.45, 7) is 5.95. The number of para-hydroxylation sites is 2. The minimum absolute atomic E-state index is 0.162. The van der Waals surface area contributed by atoms with Gasteiger partial charge in [-0.2, -0.15) is 0 Å². The Bertz CT molecular complexity index is 940. The van der Waals surface area contributed by atoms with Crippen LogP contribution in [0.25, 0.3) is 11.0 Å². The second-order valence-electron chi connectivity index (χ2n) is 7.62. The molecular formula is C22H25N3O. The van der Waals surface area contributed by atoms with Crippen LogP contribution in [0.4, 0.5) is 0 Å². The monoisotopic (exact) mass is 347 g/mol. The molecule has 1 unspecified atom stereocenters. The fourth-order valence-corrected chi connectivity index (χ4v) is 3.80. The Labute approximate surface area is 154 Å². The largest absolute Gasteiger partial charge is 0.345 e. The lowest BCUT2D eigenvalue weighted by Gasteiger charge is -2.14. The number of imidazole rings is 1. The van der Waals surface area contributed by atoms with Crippen LogP contribution in [0.3, 0.4) is 0 Å². The predicted octanol–water partition coefficient (Wildman–Crippen LogP) is 4.15. The molecule has 1 amide bonds. The van der Waals surface area contributed by atoms with E-state index in [1.165, 1.54) is 11.1 Å². The maximum absolute atomic E-state index is 12.0. The zero-order valence-corrected chi connectivity index (χ0v) is 15.6. The summed E-state index contributed by atoms with van der Waals surface area (Å²) < 4.78 is 2.29. The van der Waals surface area contributed by atoms with Crippen LogP contribution in [0.5, 0.6) is 0 Å². The molecule has 3 aromatic rings. The lowest BCUT2D eigenvalue weighted by atomic mass is 10.0. The van der Waals surface area contributed by atoms with Crippen molar-refractivity contribution in [1.29, 1.82) is 0 Å². The molecular weight excluding hydrogens is 322 g/mol. The van der Waals surface area contributed by atoms with Crippen LogP contribution >= 0.6 is 0 Å². The van der Waals surface area contributed by atoms with E-state index in [2.05, 4.69) is 60.9 Å². The number of likely N-dealkylation sites (N-methyl/N-ethyl adjacent to an activating group) is 1. The molecule has 4 rings (SSSR count). The van der Waals surface area contributed by atoms with Crippen molar-refractivity contribution in [3.8, 4) is 0 Å². The SMILES string of the molecule is CC(C)c1ccc(Cn2c(C3CC(=O)N(C)C3)nc3ccccc32)cc1. The zero-order valence-electron chi connectivity index (χ0n) is 15.6. The molecule has 1 fully saturated rings. The van der Waals surface area contributed by atoms with Crippen molar-refractivity contribution in [1.82, 2.24) is 14.5 Å². The van der Waals surface area contributed by atoms with E-state index in [-0.39, 0.29) is 11.8 Å². The normalized spacial score (nSPS) is 17.6. The average Bonchev–Trinajstić information content (AvgIpc) is 3.16. The fourth-order valence-electron chi connectivity index (χ4n) is 3.80. The number of likely N-dealkylation sites (tertiary alicyclic amines) is 1. The van der Waals surface area contributed by atoms with Crippen LogP contribution < -0.4 is 0 Å². The first-order valence-corrected chi connectivity index (χ1v) is 9.31. The van der Waals surface area contributed by atoms with Crippen molar-refractivity contribution < 1.29 is 4.79 Å². The van der Waals surface area contributed by atoms with E-state index in [9.17, 15) is 4.79 Å². The molecule has 1 aromatic heterocycles. The van der Waals surface area contributed by atoms with E-state index >= 15 is 0 Å². The lowest BCUT2D eigenvalue weighted by Crippen LogP contribution is -2.19. The van der Waals surface area contributed by atoms with Crippen LogP contribution in [0.1, 0.15) is 49.1 Å². The number of hydrogen-bond donors (Lipinski definition) is 0. The Balaban J connectivity index is 1.73.